The van der Waals surface area contributed by atoms with Gasteiger partial charge in [0.25, 0.3) is 5.91 Å². The van der Waals surface area contributed by atoms with Gasteiger partial charge in [0.15, 0.2) is 5.67 Å². The minimum absolute atomic E-state index is 0.142. The van der Waals surface area contributed by atoms with Crippen LogP contribution in [0.1, 0.15) is 91.2 Å². The number of rotatable bonds is 8. The van der Waals surface area contributed by atoms with Gasteiger partial charge < -0.3 is 15.1 Å². The van der Waals surface area contributed by atoms with Gasteiger partial charge in [0.05, 0.1) is 23.5 Å². The molecule has 2 aromatic heterocycles. The van der Waals surface area contributed by atoms with Gasteiger partial charge in [-0.25, -0.2) is 14.4 Å². The van der Waals surface area contributed by atoms with Crippen molar-refractivity contribution < 1.29 is 18.8 Å². The van der Waals surface area contributed by atoms with Crippen molar-refractivity contribution in [1.29, 1.82) is 0 Å². The molecule has 0 saturated carbocycles. The van der Waals surface area contributed by atoms with Crippen LogP contribution in [0.25, 0.3) is 0 Å². The molecule has 3 saturated heterocycles. The number of fused-ring (bicyclic) bond motifs is 1. The summed E-state index contributed by atoms with van der Waals surface area (Å²) in [6.07, 6.45) is 6.95. The number of amides is 3. The molecule has 252 valence electrons. The fourth-order valence-corrected chi connectivity index (χ4v) is 7.25. The van der Waals surface area contributed by atoms with Crippen molar-refractivity contribution in [2.24, 2.45) is 0 Å². The van der Waals surface area contributed by atoms with Crippen LogP contribution >= 0.6 is 0 Å². The number of carbonyl (C=O) groups is 3. The highest BCUT2D eigenvalue weighted by atomic mass is 19.1. The smallest absolute Gasteiger partial charge is 0.256 e. The highest BCUT2D eigenvalue weighted by Gasteiger charge is 2.42. The fourth-order valence-electron chi connectivity index (χ4n) is 7.25. The molecule has 1 aromatic carbocycles. The summed E-state index contributed by atoms with van der Waals surface area (Å²) >= 11 is 0. The second-order valence-electron chi connectivity index (χ2n) is 13.9. The number of carbonyl (C=O) groups excluding carboxylic acids is 3. The van der Waals surface area contributed by atoms with Crippen LogP contribution in [0.15, 0.2) is 48.8 Å². The summed E-state index contributed by atoms with van der Waals surface area (Å²) in [6.45, 7) is 8.30. The summed E-state index contributed by atoms with van der Waals surface area (Å²) in [6, 6.07) is 11.6. The Labute approximate surface area is 280 Å². The highest BCUT2D eigenvalue weighted by molar-refractivity contribution is 6.05. The van der Waals surface area contributed by atoms with Crippen LogP contribution in [0.5, 0.6) is 0 Å². The molecule has 3 aromatic rings. The van der Waals surface area contributed by atoms with Gasteiger partial charge in [0, 0.05) is 63.3 Å². The van der Waals surface area contributed by atoms with E-state index in [2.05, 4.69) is 73.5 Å². The Bertz CT molecular complexity index is 1670. The first-order valence-electron chi connectivity index (χ1n) is 17.1. The first-order valence-corrected chi connectivity index (χ1v) is 17.1. The van der Waals surface area contributed by atoms with E-state index in [4.69, 9.17) is 0 Å². The number of benzene rings is 1. The molecular formula is C36H43FN8O3. The largest absolute Gasteiger partial charge is 0.371 e. The van der Waals surface area contributed by atoms with Crippen molar-refractivity contribution in [3.05, 3.63) is 76.9 Å². The number of alkyl halides is 1. The molecule has 0 bridgehead atoms. The van der Waals surface area contributed by atoms with Gasteiger partial charge in [-0.3, -0.25) is 29.6 Å². The first-order chi connectivity index (χ1) is 23.1. The Morgan fingerprint density at radius 3 is 2.33 bits per heavy atom. The number of hydrogen-bond acceptors (Lipinski definition) is 9. The van der Waals surface area contributed by atoms with Gasteiger partial charge in [-0.1, -0.05) is 26.0 Å². The van der Waals surface area contributed by atoms with Crippen LogP contribution in [0.2, 0.25) is 0 Å². The zero-order valence-electron chi connectivity index (χ0n) is 27.6. The Kier molecular flexibility index (Phi) is 8.84. The van der Waals surface area contributed by atoms with Crippen LogP contribution < -0.4 is 15.5 Å². The third-order valence-electron chi connectivity index (χ3n) is 10.4. The van der Waals surface area contributed by atoms with Crippen LogP contribution in [-0.4, -0.2) is 80.7 Å². The van der Waals surface area contributed by atoms with Gasteiger partial charge in [-0.05, 0) is 73.4 Å². The van der Waals surface area contributed by atoms with E-state index in [0.717, 1.165) is 38.0 Å². The average molecular weight is 655 g/mol. The summed E-state index contributed by atoms with van der Waals surface area (Å²) < 4.78 is 16.3. The quantitative estimate of drug-likeness (QED) is 0.343. The summed E-state index contributed by atoms with van der Waals surface area (Å²) in [5, 5.41) is 5.80. The summed E-state index contributed by atoms with van der Waals surface area (Å²) in [7, 11) is 0. The van der Waals surface area contributed by atoms with Crippen molar-refractivity contribution in [1.82, 2.24) is 30.1 Å². The molecule has 4 aliphatic heterocycles. The van der Waals surface area contributed by atoms with E-state index in [-0.39, 0.29) is 31.2 Å². The Balaban J connectivity index is 0.890. The number of halogens is 1. The molecule has 11 nitrogen and oxygen atoms in total. The van der Waals surface area contributed by atoms with Crippen LogP contribution in [-0.2, 0) is 28.3 Å². The number of pyridine rings is 1. The van der Waals surface area contributed by atoms with E-state index in [1.54, 1.807) is 12.1 Å². The highest BCUT2D eigenvalue weighted by Crippen LogP contribution is 2.38. The number of likely N-dealkylation sites (tertiary alicyclic amines) is 1. The van der Waals surface area contributed by atoms with E-state index in [9.17, 15) is 14.4 Å². The maximum absolute atomic E-state index is 16.3. The van der Waals surface area contributed by atoms with Crippen molar-refractivity contribution in [2.75, 3.05) is 36.4 Å². The zero-order chi connectivity index (χ0) is 33.4. The monoisotopic (exact) mass is 654 g/mol. The minimum Gasteiger partial charge on any atom is -0.371 e. The molecule has 4 aliphatic rings. The molecule has 3 fully saturated rings. The van der Waals surface area contributed by atoms with Gasteiger partial charge in [0.2, 0.25) is 17.8 Å². The second kappa shape index (κ2) is 13.2. The molecule has 3 amide bonds. The zero-order valence-corrected chi connectivity index (χ0v) is 27.6. The molecule has 1 atom stereocenters. The number of hydrogen-bond donors (Lipinski definition) is 2. The fraction of sp³-hybridized carbons (Fsp3) is 0.500. The molecule has 0 spiro atoms. The topological polar surface area (TPSA) is 124 Å². The van der Waals surface area contributed by atoms with Crippen molar-refractivity contribution in [3.63, 3.8) is 0 Å². The first kappa shape index (κ1) is 32.1. The lowest BCUT2D eigenvalue weighted by molar-refractivity contribution is -0.136. The number of imide groups is 1. The summed E-state index contributed by atoms with van der Waals surface area (Å²) in [5.41, 5.74) is 3.22. The Hall–Kier alpha value is -4.45. The van der Waals surface area contributed by atoms with Crippen molar-refractivity contribution in [3.8, 4) is 0 Å². The third kappa shape index (κ3) is 6.63. The number of anilines is 2. The maximum atomic E-state index is 16.3. The van der Waals surface area contributed by atoms with E-state index in [1.165, 1.54) is 16.2 Å². The van der Waals surface area contributed by atoms with Gasteiger partial charge in [-0.2, -0.15) is 0 Å². The molecular weight excluding hydrogens is 611 g/mol. The van der Waals surface area contributed by atoms with Crippen molar-refractivity contribution >= 4 is 29.4 Å². The molecule has 0 aliphatic carbocycles. The molecule has 7 rings (SSSR count). The van der Waals surface area contributed by atoms with Gasteiger partial charge >= 0.3 is 0 Å². The normalized spacial score (nSPS) is 21.8. The Morgan fingerprint density at radius 2 is 1.67 bits per heavy atom. The summed E-state index contributed by atoms with van der Waals surface area (Å²) in [4.78, 5) is 56.7. The number of nitrogens with one attached hydrogen (secondary N) is 2. The van der Waals surface area contributed by atoms with Crippen molar-refractivity contribution in [2.45, 2.75) is 89.1 Å². The molecule has 48 heavy (non-hydrogen) atoms. The lowest BCUT2D eigenvalue weighted by atomic mass is 9.89. The number of aromatic nitrogens is 3. The average Bonchev–Trinajstić information content (AvgIpc) is 3.42. The lowest BCUT2D eigenvalue weighted by Gasteiger charge is -2.36. The number of nitrogens with zero attached hydrogens (tertiary/aromatic N) is 6. The molecule has 0 radical (unpaired) electrons. The van der Waals surface area contributed by atoms with E-state index in [1.807, 2.05) is 12.4 Å². The predicted molar refractivity (Wildman–Crippen MR) is 179 cm³/mol. The van der Waals surface area contributed by atoms with E-state index >= 15 is 4.39 Å². The van der Waals surface area contributed by atoms with Gasteiger partial charge in [-0.15, -0.1) is 0 Å². The van der Waals surface area contributed by atoms with E-state index in [0.29, 0.717) is 60.8 Å². The maximum Gasteiger partial charge on any atom is 0.256 e. The minimum atomic E-state index is -1.58. The molecule has 1 unspecified atom stereocenters. The number of piperidine rings is 3. The second-order valence-corrected chi connectivity index (χ2v) is 13.9. The Morgan fingerprint density at radius 1 is 0.958 bits per heavy atom. The van der Waals surface area contributed by atoms with Gasteiger partial charge in [0.1, 0.15) is 6.04 Å². The lowest BCUT2D eigenvalue weighted by Crippen LogP contribution is -2.52. The van der Waals surface area contributed by atoms with Crippen LogP contribution in [0, 0.1) is 0 Å². The summed E-state index contributed by atoms with van der Waals surface area (Å²) in [5.74, 6) is 0.0178. The SMILES string of the molecule is CC(C)c1cnc(NC2CCN(c3ccc(CN4CCC(F)(c5ccc6c(n5)CN(C5CCC(=O)NC5=O)C6=O)CC4)cc3)CC2)nc1. The van der Waals surface area contributed by atoms with Crippen LogP contribution in [0.3, 0.4) is 0 Å². The van der Waals surface area contributed by atoms with Crippen LogP contribution in [0.4, 0.5) is 16.0 Å². The third-order valence-corrected chi connectivity index (χ3v) is 10.4. The molecule has 2 N–H and O–H groups in total. The molecule has 12 heteroatoms. The predicted octanol–water partition coefficient (Wildman–Crippen LogP) is 4.30. The molecule has 6 heterocycles. The standard InChI is InChI=1S/C36H43FN8O3/c1-23(2)25-19-38-35(39-20-25)40-26-11-15-44(16-12-26)27-5-3-24(4-6-27)21-43-17-13-36(37,14-18-43)31-9-7-28-29(41-31)22-45(34(28)48)30-8-10-32(46)42-33(30)47/h3-7,9,19-20,23,26,30H,8,10-18,21-22H2,1-2H3,(H,38,39,40)(H,42,46,47). The van der Waals surface area contributed by atoms with E-state index < -0.39 is 17.6 Å².